The number of alkyl halides is 2. The maximum absolute atomic E-state index is 13.6. The molecule has 2 aromatic carbocycles. The molecular formula is C22H18F3NO5S. The van der Waals surface area contributed by atoms with Gasteiger partial charge >= 0.3 is 11.7 Å². The van der Waals surface area contributed by atoms with Crippen molar-refractivity contribution in [3.8, 4) is 5.69 Å². The number of aromatic nitrogens is 1. The number of nitrogens with zero attached hydrogens (tertiary/aromatic N) is 1. The average molecular weight is 465 g/mol. The molecule has 168 valence electrons. The molecule has 3 rings (SSSR count). The average Bonchev–Trinajstić information content (AvgIpc) is 3.05. The summed E-state index contributed by atoms with van der Waals surface area (Å²) in [6.45, 7) is 2.83. The standard InChI is InChI=1S/C22H18F3NO5S/c1-13-10-19(14(2)26(13)17-5-3-4-16(23)11-17)20(27)12-31-21(28)15-6-8-18(9-7-15)32(29,30)22(24)25/h3-11,22H,12H2,1-2H3. The Bertz CT molecular complexity index is 1280. The van der Waals surface area contributed by atoms with Gasteiger partial charge in [-0.05, 0) is 62.4 Å². The zero-order valence-electron chi connectivity index (χ0n) is 17.0. The molecule has 1 aromatic heterocycles. The Morgan fingerprint density at radius 1 is 1.03 bits per heavy atom. The second kappa shape index (κ2) is 8.99. The third-order valence-electron chi connectivity index (χ3n) is 4.79. The minimum absolute atomic E-state index is 0.101. The highest BCUT2D eigenvalue weighted by Crippen LogP contribution is 2.22. The van der Waals surface area contributed by atoms with Gasteiger partial charge in [-0.15, -0.1) is 0 Å². The molecular weight excluding hydrogens is 447 g/mol. The number of hydrogen-bond acceptors (Lipinski definition) is 5. The van der Waals surface area contributed by atoms with Crippen LogP contribution in [0.15, 0.2) is 59.5 Å². The molecule has 0 saturated heterocycles. The van der Waals surface area contributed by atoms with Crippen molar-refractivity contribution in [1.29, 1.82) is 0 Å². The van der Waals surface area contributed by atoms with E-state index in [1.54, 1.807) is 36.6 Å². The molecule has 6 nitrogen and oxygen atoms in total. The lowest BCUT2D eigenvalue weighted by atomic mass is 10.1. The highest BCUT2D eigenvalue weighted by atomic mass is 32.2. The summed E-state index contributed by atoms with van der Waals surface area (Å²) in [6.07, 6.45) is 0. The molecule has 0 unspecified atom stereocenters. The fourth-order valence-electron chi connectivity index (χ4n) is 3.23. The molecule has 10 heteroatoms. The third-order valence-corrected chi connectivity index (χ3v) is 6.18. The van der Waals surface area contributed by atoms with Crippen LogP contribution in [0.1, 0.15) is 32.1 Å². The van der Waals surface area contributed by atoms with Crippen LogP contribution in [-0.4, -0.2) is 37.1 Å². The van der Waals surface area contributed by atoms with Crippen LogP contribution in [0.25, 0.3) is 5.69 Å². The van der Waals surface area contributed by atoms with Gasteiger partial charge in [-0.2, -0.15) is 8.78 Å². The van der Waals surface area contributed by atoms with E-state index in [9.17, 15) is 31.2 Å². The number of carbonyl (C=O) groups excluding carboxylic acids is 2. The summed E-state index contributed by atoms with van der Waals surface area (Å²) in [4.78, 5) is 24.1. The molecule has 1 heterocycles. The van der Waals surface area contributed by atoms with Crippen molar-refractivity contribution in [2.75, 3.05) is 6.61 Å². The number of carbonyl (C=O) groups is 2. The Morgan fingerprint density at radius 3 is 2.28 bits per heavy atom. The lowest BCUT2D eigenvalue weighted by Crippen LogP contribution is -2.15. The first-order chi connectivity index (χ1) is 15.0. The van der Waals surface area contributed by atoms with Gasteiger partial charge in [0.15, 0.2) is 6.61 Å². The molecule has 0 bridgehead atoms. The minimum Gasteiger partial charge on any atom is -0.454 e. The number of aryl methyl sites for hydroxylation is 1. The SMILES string of the molecule is Cc1cc(C(=O)COC(=O)c2ccc(S(=O)(=O)C(F)F)cc2)c(C)n1-c1cccc(F)c1. The predicted octanol–water partition coefficient (Wildman–Crippen LogP) is 4.27. The van der Waals surface area contributed by atoms with E-state index < -0.39 is 44.7 Å². The Morgan fingerprint density at radius 2 is 1.69 bits per heavy atom. The van der Waals surface area contributed by atoms with Gasteiger partial charge < -0.3 is 9.30 Å². The van der Waals surface area contributed by atoms with Crippen molar-refractivity contribution in [2.24, 2.45) is 0 Å². The number of sulfone groups is 1. The highest BCUT2D eigenvalue weighted by Gasteiger charge is 2.26. The van der Waals surface area contributed by atoms with Crippen LogP contribution in [0, 0.1) is 19.7 Å². The van der Waals surface area contributed by atoms with Gasteiger partial charge in [0.05, 0.1) is 10.5 Å². The lowest BCUT2D eigenvalue weighted by Gasteiger charge is -2.10. The van der Waals surface area contributed by atoms with Crippen LogP contribution in [-0.2, 0) is 14.6 Å². The summed E-state index contributed by atoms with van der Waals surface area (Å²) in [7, 11) is -4.78. The molecule has 0 aliphatic rings. The summed E-state index contributed by atoms with van der Waals surface area (Å²) in [5.41, 5.74) is 1.94. The number of halogens is 3. The number of Topliss-reactive ketones (excluding diaryl/α,β-unsaturated/α-hetero) is 1. The van der Waals surface area contributed by atoms with Crippen LogP contribution < -0.4 is 0 Å². The first-order valence-corrected chi connectivity index (χ1v) is 10.8. The summed E-state index contributed by atoms with van der Waals surface area (Å²) >= 11 is 0. The second-order valence-corrected chi connectivity index (χ2v) is 8.85. The molecule has 0 aliphatic carbocycles. The highest BCUT2D eigenvalue weighted by molar-refractivity contribution is 7.91. The van der Waals surface area contributed by atoms with Gasteiger partial charge in [0.2, 0.25) is 15.6 Å². The topological polar surface area (TPSA) is 82.4 Å². The van der Waals surface area contributed by atoms with Gasteiger partial charge in [-0.25, -0.2) is 17.6 Å². The first-order valence-electron chi connectivity index (χ1n) is 9.29. The van der Waals surface area contributed by atoms with Crippen molar-refractivity contribution in [3.05, 3.63) is 82.9 Å². The van der Waals surface area contributed by atoms with Crippen molar-refractivity contribution in [2.45, 2.75) is 24.5 Å². The van der Waals surface area contributed by atoms with Crippen LogP contribution in [0.5, 0.6) is 0 Å². The zero-order chi connectivity index (χ0) is 23.6. The largest absolute Gasteiger partial charge is 0.454 e. The molecule has 32 heavy (non-hydrogen) atoms. The first kappa shape index (κ1) is 23.3. The van der Waals surface area contributed by atoms with E-state index in [0.29, 0.717) is 17.1 Å². The molecule has 0 saturated carbocycles. The number of benzene rings is 2. The Labute approximate surface area is 182 Å². The van der Waals surface area contributed by atoms with Crippen molar-refractivity contribution >= 4 is 21.6 Å². The van der Waals surface area contributed by atoms with Gasteiger partial charge in [-0.3, -0.25) is 4.79 Å². The van der Waals surface area contributed by atoms with Crippen molar-refractivity contribution in [1.82, 2.24) is 4.57 Å². The zero-order valence-corrected chi connectivity index (χ0v) is 17.8. The number of rotatable bonds is 7. The van der Waals surface area contributed by atoms with E-state index in [0.717, 1.165) is 24.3 Å². The smallest absolute Gasteiger partial charge is 0.341 e. The van der Waals surface area contributed by atoms with Crippen molar-refractivity contribution < 1.29 is 35.9 Å². The van der Waals surface area contributed by atoms with E-state index >= 15 is 0 Å². The van der Waals surface area contributed by atoms with Crippen LogP contribution >= 0.6 is 0 Å². The van der Waals surface area contributed by atoms with Gasteiger partial charge in [0, 0.05) is 22.6 Å². The van der Waals surface area contributed by atoms with Crippen LogP contribution in [0.3, 0.4) is 0 Å². The number of esters is 1. The van der Waals surface area contributed by atoms with Crippen molar-refractivity contribution in [3.63, 3.8) is 0 Å². The van der Waals surface area contributed by atoms with E-state index in [-0.39, 0.29) is 11.1 Å². The van der Waals surface area contributed by atoms with Gasteiger partial charge in [0.25, 0.3) is 0 Å². The Hall–Kier alpha value is -3.40. The summed E-state index contributed by atoms with van der Waals surface area (Å²) in [5, 5.41) is 0. The number of hydrogen-bond donors (Lipinski definition) is 0. The monoisotopic (exact) mass is 465 g/mol. The Kier molecular flexibility index (Phi) is 6.54. The fourth-order valence-corrected chi connectivity index (χ4v) is 3.95. The predicted molar refractivity (Wildman–Crippen MR) is 109 cm³/mol. The molecule has 0 fully saturated rings. The lowest BCUT2D eigenvalue weighted by molar-refractivity contribution is 0.0474. The second-order valence-electron chi connectivity index (χ2n) is 6.93. The molecule has 0 atom stereocenters. The van der Waals surface area contributed by atoms with E-state index in [1.807, 2.05) is 0 Å². The Balaban J connectivity index is 1.72. The van der Waals surface area contributed by atoms with E-state index in [2.05, 4.69) is 0 Å². The molecule has 0 radical (unpaired) electrons. The van der Waals surface area contributed by atoms with Crippen LogP contribution in [0.4, 0.5) is 13.2 Å². The van der Waals surface area contributed by atoms with E-state index in [4.69, 9.17) is 4.74 Å². The summed E-state index contributed by atoms with van der Waals surface area (Å²) < 4.78 is 68.3. The van der Waals surface area contributed by atoms with E-state index in [1.165, 1.54) is 12.1 Å². The molecule has 0 spiro atoms. The number of ketones is 1. The molecule has 0 N–H and O–H groups in total. The molecule has 0 aliphatic heterocycles. The van der Waals surface area contributed by atoms with Crippen LogP contribution in [0.2, 0.25) is 0 Å². The maximum Gasteiger partial charge on any atom is 0.341 e. The fraction of sp³-hybridized carbons (Fsp3) is 0.182. The summed E-state index contributed by atoms with van der Waals surface area (Å²) in [6, 6.07) is 11.2. The van der Waals surface area contributed by atoms with Gasteiger partial charge in [-0.1, -0.05) is 6.07 Å². The number of ether oxygens (including phenoxy) is 1. The normalized spacial score (nSPS) is 11.6. The quantitative estimate of drug-likeness (QED) is 0.385. The maximum atomic E-state index is 13.6. The summed E-state index contributed by atoms with van der Waals surface area (Å²) in [5.74, 6) is -5.42. The minimum atomic E-state index is -4.78. The molecule has 0 amide bonds. The van der Waals surface area contributed by atoms with Gasteiger partial charge in [0.1, 0.15) is 5.82 Å². The third kappa shape index (κ3) is 4.59. The molecule has 3 aromatic rings.